The monoisotopic (exact) mass is 199 g/mol. The second-order valence-electron chi connectivity index (χ2n) is 4.09. The Kier molecular flexibility index (Phi) is 3.69. The van der Waals surface area contributed by atoms with Crippen LogP contribution in [-0.4, -0.2) is 17.3 Å². The normalized spacial score (nSPS) is 14.3. The van der Waals surface area contributed by atoms with Gasteiger partial charge in [0.1, 0.15) is 11.9 Å². The first-order valence-corrected chi connectivity index (χ1v) is 4.61. The predicted molar refractivity (Wildman–Crippen MR) is 52.5 cm³/mol. The van der Waals surface area contributed by atoms with Crippen molar-refractivity contribution in [2.75, 3.05) is 6.54 Å². The van der Waals surface area contributed by atoms with Gasteiger partial charge in [0.25, 0.3) is 0 Å². The Bertz CT molecular complexity index is 251. The van der Waals surface area contributed by atoms with Crippen molar-refractivity contribution in [3.05, 3.63) is 24.2 Å². The molecule has 1 heterocycles. The lowest BCUT2D eigenvalue weighted by molar-refractivity contribution is -0.0848. The Morgan fingerprint density at radius 2 is 2.29 bits per heavy atom. The number of hydrogen-bond donors (Lipinski definition) is 2. The number of hydroxylamine groups is 1. The molecule has 0 spiro atoms. The average Bonchev–Trinajstić information content (AvgIpc) is 2.53. The zero-order valence-electron chi connectivity index (χ0n) is 8.78. The van der Waals surface area contributed by atoms with E-state index in [9.17, 15) is 5.11 Å². The smallest absolute Gasteiger partial charge is 0.133 e. The van der Waals surface area contributed by atoms with E-state index in [1.54, 1.807) is 12.1 Å². The minimum absolute atomic E-state index is 0.261. The second-order valence-corrected chi connectivity index (χ2v) is 4.09. The van der Waals surface area contributed by atoms with E-state index >= 15 is 0 Å². The molecule has 0 radical (unpaired) electrons. The molecule has 2 N–H and O–H groups in total. The number of hydrogen-bond acceptors (Lipinski definition) is 4. The fourth-order valence-corrected chi connectivity index (χ4v) is 0.919. The topological polar surface area (TPSA) is 54.6 Å². The van der Waals surface area contributed by atoms with Crippen molar-refractivity contribution < 1.29 is 14.4 Å². The molecule has 0 amide bonds. The molecular weight excluding hydrogens is 182 g/mol. The van der Waals surface area contributed by atoms with Crippen molar-refractivity contribution in [1.82, 2.24) is 5.48 Å². The summed E-state index contributed by atoms with van der Waals surface area (Å²) in [6.07, 6.45) is 0.857. The number of rotatable bonds is 4. The zero-order valence-corrected chi connectivity index (χ0v) is 8.78. The summed E-state index contributed by atoms with van der Waals surface area (Å²) in [6.45, 7) is 6.10. The Morgan fingerprint density at radius 1 is 1.57 bits per heavy atom. The SMILES string of the molecule is CC(C)(C)ONCC(O)c1ccco1. The maximum Gasteiger partial charge on any atom is 0.133 e. The molecule has 1 atom stereocenters. The van der Waals surface area contributed by atoms with Crippen LogP contribution in [-0.2, 0) is 4.84 Å². The molecule has 0 aliphatic rings. The first-order chi connectivity index (χ1) is 6.49. The summed E-state index contributed by atoms with van der Waals surface area (Å²) in [6, 6.07) is 3.46. The van der Waals surface area contributed by atoms with Crippen molar-refractivity contribution in [1.29, 1.82) is 0 Å². The van der Waals surface area contributed by atoms with E-state index in [-0.39, 0.29) is 5.60 Å². The van der Waals surface area contributed by atoms with Crippen LogP contribution in [0.3, 0.4) is 0 Å². The summed E-state index contributed by atoms with van der Waals surface area (Å²) in [4.78, 5) is 5.25. The summed E-state index contributed by atoms with van der Waals surface area (Å²) in [5.74, 6) is 0.537. The fourth-order valence-electron chi connectivity index (χ4n) is 0.919. The first-order valence-electron chi connectivity index (χ1n) is 4.61. The van der Waals surface area contributed by atoms with Gasteiger partial charge in [-0.25, -0.2) is 0 Å². The summed E-state index contributed by atoms with van der Waals surface area (Å²) < 4.78 is 5.03. The molecule has 4 heteroatoms. The van der Waals surface area contributed by atoms with Crippen molar-refractivity contribution in [3.63, 3.8) is 0 Å². The molecule has 14 heavy (non-hydrogen) atoms. The van der Waals surface area contributed by atoms with Crippen molar-refractivity contribution in [2.45, 2.75) is 32.5 Å². The maximum absolute atomic E-state index is 9.57. The van der Waals surface area contributed by atoms with Crippen LogP contribution in [0.2, 0.25) is 0 Å². The molecule has 1 rings (SSSR count). The Hall–Kier alpha value is -0.840. The predicted octanol–water partition coefficient (Wildman–Crippen LogP) is 1.63. The molecule has 0 bridgehead atoms. The van der Waals surface area contributed by atoms with Crippen LogP contribution in [0.1, 0.15) is 32.6 Å². The van der Waals surface area contributed by atoms with Gasteiger partial charge >= 0.3 is 0 Å². The van der Waals surface area contributed by atoms with E-state index in [0.717, 1.165) is 0 Å². The molecule has 0 aliphatic heterocycles. The molecule has 1 aromatic heterocycles. The van der Waals surface area contributed by atoms with Gasteiger partial charge in [-0.1, -0.05) is 0 Å². The third-order valence-electron chi connectivity index (χ3n) is 1.53. The molecule has 1 unspecified atom stereocenters. The molecule has 0 aromatic carbocycles. The van der Waals surface area contributed by atoms with Gasteiger partial charge in [-0.05, 0) is 32.9 Å². The molecule has 0 saturated carbocycles. The van der Waals surface area contributed by atoms with E-state index in [0.29, 0.717) is 12.3 Å². The number of aliphatic hydroxyl groups is 1. The van der Waals surface area contributed by atoms with Crippen LogP contribution >= 0.6 is 0 Å². The Balaban J connectivity index is 2.26. The van der Waals surface area contributed by atoms with Gasteiger partial charge in [0.05, 0.1) is 18.4 Å². The number of aliphatic hydroxyl groups excluding tert-OH is 1. The van der Waals surface area contributed by atoms with E-state index in [4.69, 9.17) is 9.25 Å². The fraction of sp³-hybridized carbons (Fsp3) is 0.600. The van der Waals surface area contributed by atoms with Gasteiger partial charge in [0, 0.05) is 0 Å². The number of furan rings is 1. The van der Waals surface area contributed by atoms with Gasteiger partial charge in [-0.2, -0.15) is 5.48 Å². The van der Waals surface area contributed by atoms with E-state index < -0.39 is 6.10 Å². The average molecular weight is 199 g/mol. The third kappa shape index (κ3) is 3.91. The molecule has 0 fully saturated rings. The summed E-state index contributed by atoms with van der Waals surface area (Å²) in [5, 5.41) is 9.57. The van der Waals surface area contributed by atoms with Gasteiger partial charge < -0.3 is 9.52 Å². The van der Waals surface area contributed by atoms with Gasteiger partial charge in [0.2, 0.25) is 0 Å². The highest BCUT2D eigenvalue weighted by Gasteiger charge is 2.13. The Labute approximate surface area is 83.8 Å². The lowest BCUT2D eigenvalue weighted by Gasteiger charge is -2.20. The van der Waals surface area contributed by atoms with E-state index in [1.165, 1.54) is 6.26 Å². The maximum atomic E-state index is 9.57. The largest absolute Gasteiger partial charge is 0.467 e. The molecular formula is C10H17NO3. The zero-order chi connectivity index (χ0) is 10.6. The quantitative estimate of drug-likeness (QED) is 0.724. The summed E-state index contributed by atoms with van der Waals surface area (Å²) in [5.41, 5.74) is 2.44. The first kappa shape index (κ1) is 11.2. The lowest BCUT2D eigenvalue weighted by Crippen LogP contribution is -2.31. The van der Waals surface area contributed by atoms with Gasteiger partial charge in [0.15, 0.2) is 0 Å². The summed E-state index contributed by atoms with van der Waals surface area (Å²) in [7, 11) is 0. The van der Waals surface area contributed by atoms with Gasteiger partial charge in [-0.15, -0.1) is 0 Å². The van der Waals surface area contributed by atoms with Crippen molar-refractivity contribution in [2.24, 2.45) is 0 Å². The molecule has 0 saturated heterocycles. The van der Waals surface area contributed by atoms with E-state index in [2.05, 4.69) is 5.48 Å². The molecule has 0 aliphatic carbocycles. The van der Waals surface area contributed by atoms with Crippen LogP contribution in [0.5, 0.6) is 0 Å². The van der Waals surface area contributed by atoms with Crippen molar-refractivity contribution in [3.8, 4) is 0 Å². The molecule has 4 nitrogen and oxygen atoms in total. The van der Waals surface area contributed by atoms with Gasteiger partial charge in [-0.3, -0.25) is 4.84 Å². The van der Waals surface area contributed by atoms with Crippen LogP contribution in [0.25, 0.3) is 0 Å². The Morgan fingerprint density at radius 3 is 2.79 bits per heavy atom. The van der Waals surface area contributed by atoms with Crippen molar-refractivity contribution >= 4 is 0 Å². The summed E-state index contributed by atoms with van der Waals surface area (Å²) >= 11 is 0. The van der Waals surface area contributed by atoms with Crippen LogP contribution < -0.4 is 5.48 Å². The minimum Gasteiger partial charge on any atom is -0.467 e. The van der Waals surface area contributed by atoms with Crippen LogP contribution in [0.15, 0.2) is 22.8 Å². The standard InChI is InChI=1S/C10H17NO3/c1-10(2,3)14-11-7-8(12)9-5-4-6-13-9/h4-6,8,11-12H,7H2,1-3H3. The molecule has 80 valence electrons. The number of nitrogens with one attached hydrogen (secondary N) is 1. The highest BCUT2D eigenvalue weighted by Crippen LogP contribution is 2.12. The van der Waals surface area contributed by atoms with E-state index in [1.807, 2.05) is 20.8 Å². The highest BCUT2D eigenvalue weighted by atomic mass is 16.7. The molecule has 1 aromatic rings. The van der Waals surface area contributed by atoms with Crippen LogP contribution in [0.4, 0.5) is 0 Å². The third-order valence-corrected chi connectivity index (χ3v) is 1.53. The highest BCUT2D eigenvalue weighted by molar-refractivity contribution is 5.01. The lowest BCUT2D eigenvalue weighted by atomic mass is 10.2. The second kappa shape index (κ2) is 4.59. The van der Waals surface area contributed by atoms with Crippen LogP contribution in [0, 0.1) is 0 Å². The minimum atomic E-state index is -0.674.